The summed E-state index contributed by atoms with van der Waals surface area (Å²) >= 11 is 0. The molecule has 0 amide bonds. The van der Waals surface area contributed by atoms with Crippen LogP contribution in [-0.2, 0) is 10.0 Å². The maximum Gasteiger partial charge on any atom is 0.264 e. The molecule has 1 heterocycles. The largest absolute Gasteiger partial charge is 0.506 e. The molecule has 8 heteroatoms. The zero-order valence-corrected chi connectivity index (χ0v) is 11.8. The first kappa shape index (κ1) is 14.6. The summed E-state index contributed by atoms with van der Waals surface area (Å²) in [6.07, 6.45) is 1.32. The van der Waals surface area contributed by atoms with E-state index in [-0.39, 0.29) is 22.0 Å². The second kappa shape index (κ2) is 5.68. The minimum Gasteiger partial charge on any atom is -0.506 e. The van der Waals surface area contributed by atoms with E-state index in [1.54, 1.807) is 6.07 Å². The third-order valence-electron chi connectivity index (χ3n) is 2.62. The average Bonchev–Trinajstić information content (AvgIpc) is 2.49. The number of phenolic OH excluding ortho intramolecular Hbond substituents is 1. The van der Waals surface area contributed by atoms with Gasteiger partial charge in [-0.1, -0.05) is 0 Å². The lowest BCUT2D eigenvalue weighted by Gasteiger charge is -2.11. The molecule has 0 saturated heterocycles. The molecule has 0 radical (unpaired) electrons. The molecule has 0 fully saturated rings. The Balaban J connectivity index is 2.41. The number of rotatable bonds is 4. The van der Waals surface area contributed by atoms with Crippen LogP contribution < -0.4 is 9.46 Å². The molecule has 0 spiro atoms. The summed E-state index contributed by atoms with van der Waals surface area (Å²) in [6.45, 7) is 0. The van der Waals surface area contributed by atoms with Crippen LogP contribution in [0.2, 0.25) is 0 Å². The van der Waals surface area contributed by atoms with Gasteiger partial charge in [-0.15, -0.1) is 0 Å². The van der Waals surface area contributed by atoms with Gasteiger partial charge in [0.1, 0.15) is 22.5 Å². The Morgan fingerprint density at radius 2 is 2.14 bits per heavy atom. The first-order chi connectivity index (χ1) is 9.97. The molecular formula is C13H11N3O4S. The Kier molecular flexibility index (Phi) is 3.95. The summed E-state index contributed by atoms with van der Waals surface area (Å²) in [5, 5.41) is 18.7. The molecule has 0 aliphatic rings. The van der Waals surface area contributed by atoms with Crippen LogP contribution in [0.3, 0.4) is 0 Å². The number of nitriles is 1. The fourth-order valence-electron chi connectivity index (χ4n) is 1.62. The van der Waals surface area contributed by atoms with E-state index < -0.39 is 10.0 Å². The molecule has 0 saturated carbocycles. The number of nitrogens with one attached hydrogen (secondary N) is 1. The Bertz CT molecular complexity index is 812. The van der Waals surface area contributed by atoms with Gasteiger partial charge in [0.2, 0.25) is 0 Å². The number of hydrogen-bond acceptors (Lipinski definition) is 6. The van der Waals surface area contributed by atoms with Crippen molar-refractivity contribution in [3.63, 3.8) is 0 Å². The van der Waals surface area contributed by atoms with E-state index in [2.05, 4.69) is 9.71 Å². The van der Waals surface area contributed by atoms with Crippen molar-refractivity contribution in [2.24, 2.45) is 0 Å². The third-order valence-corrected chi connectivity index (χ3v) is 4.01. The number of aromatic hydroxyl groups is 1. The van der Waals surface area contributed by atoms with Crippen LogP contribution >= 0.6 is 0 Å². The van der Waals surface area contributed by atoms with Crippen molar-refractivity contribution in [3.05, 3.63) is 42.2 Å². The molecular weight excluding hydrogens is 294 g/mol. The summed E-state index contributed by atoms with van der Waals surface area (Å²) in [4.78, 5) is 3.43. The second-order valence-electron chi connectivity index (χ2n) is 3.95. The highest BCUT2D eigenvalue weighted by Crippen LogP contribution is 2.30. The molecule has 0 aliphatic carbocycles. The van der Waals surface area contributed by atoms with Crippen LogP contribution in [-0.4, -0.2) is 25.6 Å². The van der Waals surface area contributed by atoms with Crippen molar-refractivity contribution in [3.8, 4) is 17.6 Å². The predicted molar refractivity (Wildman–Crippen MR) is 74.4 cm³/mol. The van der Waals surface area contributed by atoms with Gasteiger partial charge in [0.15, 0.2) is 5.69 Å². The Labute approximate surface area is 121 Å². The van der Waals surface area contributed by atoms with Crippen LogP contribution in [0.25, 0.3) is 0 Å². The van der Waals surface area contributed by atoms with Crippen LogP contribution in [0.1, 0.15) is 5.69 Å². The van der Waals surface area contributed by atoms with E-state index in [1.165, 1.54) is 43.6 Å². The number of pyridine rings is 1. The SMILES string of the molecule is COc1ccc(NS(=O)(=O)c2cccnc2C#N)c(O)c1. The zero-order valence-electron chi connectivity index (χ0n) is 10.9. The lowest BCUT2D eigenvalue weighted by molar-refractivity contribution is 0.408. The van der Waals surface area contributed by atoms with E-state index in [4.69, 9.17) is 10.00 Å². The van der Waals surface area contributed by atoms with Crippen LogP contribution in [0.4, 0.5) is 5.69 Å². The maximum absolute atomic E-state index is 12.2. The predicted octanol–water partition coefficient (Wildman–Crippen LogP) is 1.47. The van der Waals surface area contributed by atoms with Crippen LogP contribution in [0, 0.1) is 11.3 Å². The number of benzene rings is 1. The number of sulfonamides is 1. The molecule has 2 rings (SSSR count). The first-order valence-corrected chi connectivity index (χ1v) is 7.21. The summed E-state index contributed by atoms with van der Waals surface area (Å²) in [5.41, 5.74) is -0.249. The van der Waals surface area contributed by atoms with Gasteiger partial charge >= 0.3 is 0 Å². The number of phenols is 1. The van der Waals surface area contributed by atoms with Gasteiger partial charge in [-0.3, -0.25) is 4.72 Å². The summed E-state index contributed by atoms with van der Waals surface area (Å²) in [6, 6.07) is 8.49. The highest BCUT2D eigenvalue weighted by molar-refractivity contribution is 7.92. The molecule has 108 valence electrons. The van der Waals surface area contributed by atoms with Gasteiger partial charge in [-0.25, -0.2) is 13.4 Å². The van der Waals surface area contributed by atoms with Crippen LogP contribution in [0.15, 0.2) is 41.4 Å². The molecule has 21 heavy (non-hydrogen) atoms. The van der Waals surface area contributed by atoms with Gasteiger partial charge in [-0.05, 0) is 24.3 Å². The lowest BCUT2D eigenvalue weighted by atomic mass is 10.3. The van der Waals surface area contributed by atoms with Gasteiger partial charge in [0.25, 0.3) is 10.0 Å². The average molecular weight is 305 g/mol. The van der Waals surface area contributed by atoms with Crippen molar-refractivity contribution < 1.29 is 18.3 Å². The summed E-state index contributed by atoms with van der Waals surface area (Å²) in [7, 11) is -2.61. The molecule has 0 unspecified atom stereocenters. The van der Waals surface area contributed by atoms with Crippen molar-refractivity contribution in [1.82, 2.24) is 4.98 Å². The smallest absolute Gasteiger partial charge is 0.264 e. The standard InChI is InChI=1S/C13H11N3O4S/c1-20-9-4-5-10(12(17)7-9)16-21(18,19)13-3-2-6-15-11(13)8-14/h2-7,16-17H,1H3. The van der Waals surface area contributed by atoms with Crippen molar-refractivity contribution >= 4 is 15.7 Å². The monoisotopic (exact) mass is 305 g/mol. The Hall–Kier alpha value is -2.79. The minimum absolute atomic E-state index is 0.0245. The van der Waals surface area contributed by atoms with E-state index in [0.717, 1.165) is 0 Å². The fourth-order valence-corrected chi connectivity index (χ4v) is 2.80. The zero-order chi connectivity index (χ0) is 15.5. The topological polar surface area (TPSA) is 112 Å². The van der Waals surface area contributed by atoms with Crippen molar-refractivity contribution in [1.29, 1.82) is 5.26 Å². The number of methoxy groups -OCH3 is 1. The Morgan fingerprint density at radius 3 is 2.76 bits per heavy atom. The van der Waals surface area contributed by atoms with Gasteiger partial charge in [0.05, 0.1) is 12.8 Å². The van der Waals surface area contributed by atoms with Gasteiger partial charge in [0, 0.05) is 12.3 Å². The molecule has 0 atom stereocenters. The molecule has 1 aromatic carbocycles. The summed E-state index contributed by atoms with van der Waals surface area (Å²) < 4.78 is 31.6. The van der Waals surface area contributed by atoms with Crippen molar-refractivity contribution in [2.45, 2.75) is 4.90 Å². The Morgan fingerprint density at radius 1 is 1.38 bits per heavy atom. The number of hydrogen-bond donors (Lipinski definition) is 2. The van der Waals surface area contributed by atoms with E-state index >= 15 is 0 Å². The number of ether oxygens (including phenoxy) is 1. The highest BCUT2D eigenvalue weighted by Gasteiger charge is 2.20. The fraction of sp³-hybridized carbons (Fsp3) is 0.0769. The molecule has 2 N–H and O–H groups in total. The first-order valence-electron chi connectivity index (χ1n) is 5.73. The normalized spacial score (nSPS) is 10.7. The maximum atomic E-state index is 12.2. The van der Waals surface area contributed by atoms with E-state index in [0.29, 0.717) is 5.75 Å². The molecule has 0 aliphatic heterocycles. The number of aromatic nitrogens is 1. The molecule has 7 nitrogen and oxygen atoms in total. The van der Waals surface area contributed by atoms with E-state index in [9.17, 15) is 13.5 Å². The second-order valence-corrected chi connectivity index (χ2v) is 5.60. The van der Waals surface area contributed by atoms with Crippen LogP contribution in [0.5, 0.6) is 11.5 Å². The third kappa shape index (κ3) is 3.04. The molecule has 1 aromatic heterocycles. The molecule has 0 bridgehead atoms. The number of anilines is 1. The quantitative estimate of drug-likeness (QED) is 0.827. The van der Waals surface area contributed by atoms with Crippen molar-refractivity contribution in [2.75, 3.05) is 11.8 Å². The minimum atomic E-state index is -4.03. The highest BCUT2D eigenvalue weighted by atomic mass is 32.2. The van der Waals surface area contributed by atoms with Gasteiger partial charge in [-0.2, -0.15) is 5.26 Å². The summed E-state index contributed by atoms with van der Waals surface area (Å²) in [5.74, 6) is 0.0925. The number of nitrogens with zero attached hydrogens (tertiary/aromatic N) is 2. The van der Waals surface area contributed by atoms with Gasteiger partial charge < -0.3 is 9.84 Å². The molecule has 2 aromatic rings. The lowest BCUT2D eigenvalue weighted by Crippen LogP contribution is -2.15. The van der Waals surface area contributed by atoms with E-state index in [1.807, 2.05) is 0 Å².